The number of esters is 1. The second-order valence-electron chi connectivity index (χ2n) is 7.91. The third-order valence-corrected chi connectivity index (χ3v) is 9.88. The molecule has 6 heteroatoms. The summed E-state index contributed by atoms with van der Waals surface area (Å²) in [4.78, 5) is 11.1. The molecule has 2 aromatic carbocycles. The predicted octanol–water partition coefficient (Wildman–Crippen LogP) is 2.83. The third kappa shape index (κ3) is 4.36. The van der Waals surface area contributed by atoms with Gasteiger partial charge in [0.25, 0.3) is 8.32 Å². The lowest BCUT2D eigenvalue weighted by Crippen LogP contribution is -2.67. The highest BCUT2D eigenvalue weighted by Crippen LogP contribution is 2.37. The maximum Gasteiger partial charge on any atom is 0.305 e. The van der Waals surface area contributed by atoms with Gasteiger partial charge in [-0.1, -0.05) is 81.4 Å². The van der Waals surface area contributed by atoms with Gasteiger partial charge < -0.3 is 18.6 Å². The van der Waals surface area contributed by atoms with Gasteiger partial charge in [0.15, 0.2) is 6.29 Å². The lowest BCUT2D eigenvalue weighted by molar-refractivity contribution is -0.176. The molecule has 1 fully saturated rings. The van der Waals surface area contributed by atoms with E-state index < -0.39 is 20.9 Å². The molecule has 2 aromatic rings. The van der Waals surface area contributed by atoms with Gasteiger partial charge in [0.05, 0.1) is 6.61 Å². The van der Waals surface area contributed by atoms with Crippen molar-refractivity contribution in [1.82, 2.24) is 0 Å². The van der Waals surface area contributed by atoms with E-state index in [2.05, 4.69) is 69.3 Å². The van der Waals surface area contributed by atoms with E-state index in [4.69, 9.17) is 18.6 Å². The minimum absolute atomic E-state index is 0.121. The van der Waals surface area contributed by atoms with Crippen LogP contribution in [0.1, 0.15) is 27.7 Å². The first-order valence-electron chi connectivity index (χ1n) is 9.52. The average molecular weight is 401 g/mol. The van der Waals surface area contributed by atoms with Crippen LogP contribution < -0.4 is 10.4 Å². The molecule has 1 saturated heterocycles. The molecule has 1 aliphatic rings. The Kier molecular flexibility index (Phi) is 6.35. The van der Waals surface area contributed by atoms with Crippen LogP contribution in [0, 0.1) is 0 Å². The van der Waals surface area contributed by atoms with Crippen LogP contribution in [0.3, 0.4) is 0 Å². The van der Waals surface area contributed by atoms with Crippen molar-refractivity contribution in [2.45, 2.75) is 45.3 Å². The topological polar surface area (TPSA) is 54.0 Å². The number of hydrogen-bond acceptors (Lipinski definition) is 5. The predicted molar refractivity (Wildman–Crippen MR) is 110 cm³/mol. The van der Waals surface area contributed by atoms with Crippen LogP contribution in [0.25, 0.3) is 0 Å². The lowest BCUT2D eigenvalue weighted by Gasteiger charge is -2.43. The summed E-state index contributed by atoms with van der Waals surface area (Å²) >= 11 is 0. The first kappa shape index (κ1) is 20.7. The van der Waals surface area contributed by atoms with E-state index in [-0.39, 0.29) is 24.2 Å². The molecule has 0 aliphatic carbocycles. The highest BCUT2D eigenvalue weighted by atomic mass is 28.4. The normalized spacial score (nSPS) is 20.1. The van der Waals surface area contributed by atoms with E-state index in [9.17, 15) is 4.79 Å². The maximum atomic E-state index is 11.1. The van der Waals surface area contributed by atoms with E-state index in [1.54, 1.807) is 0 Å². The fraction of sp³-hybridized carbons (Fsp3) is 0.409. The van der Waals surface area contributed by atoms with Gasteiger partial charge in [0.2, 0.25) is 6.29 Å². The average Bonchev–Trinajstić information content (AvgIpc) is 3.09. The molecule has 2 atom stereocenters. The summed E-state index contributed by atoms with van der Waals surface area (Å²) in [6, 6.07) is 20.8. The number of hydrogen-bond donors (Lipinski definition) is 0. The fourth-order valence-electron chi connectivity index (χ4n) is 3.72. The second kappa shape index (κ2) is 8.57. The van der Waals surface area contributed by atoms with E-state index in [0.29, 0.717) is 0 Å². The summed E-state index contributed by atoms with van der Waals surface area (Å²) in [5.41, 5.74) is 0. The molecule has 28 heavy (non-hydrogen) atoms. The molecule has 0 saturated carbocycles. The van der Waals surface area contributed by atoms with E-state index in [1.165, 1.54) is 17.3 Å². The van der Waals surface area contributed by atoms with Crippen molar-refractivity contribution in [3.63, 3.8) is 0 Å². The standard InChI is InChI=1S/C22H28O5Si/c1-17(23)26-21-15-24-20(27-21)16-25-28(22(2,3)4,18-11-7-5-8-12-18)19-13-9-6-10-14-19/h5-14,20-21H,15-16H2,1-4H3/t20-,21?/m1/s1. The second-order valence-corrected chi connectivity index (χ2v) is 12.2. The highest BCUT2D eigenvalue weighted by Gasteiger charge is 2.50. The van der Waals surface area contributed by atoms with Gasteiger partial charge in [-0.05, 0) is 15.4 Å². The van der Waals surface area contributed by atoms with Crippen molar-refractivity contribution in [3.8, 4) is 0 Å². The molecule has 5 nitrogen and oxygen atoms in total. The Hall–Kier alpha value is -1.99. The van der Waals surface area contributed by atoms with Crippen LogP contribution in [0.15, 0.2) is 60.7 Å². The molecular weight excluding hydrogens is 372 g/mol. The molecule has 0 spiro atoms. The Morgan fingerprint density at radius 2 is 1.57 bits per heavy atom. The first-order chi connectivity index (χ1) is 13.3. The Morgan fingerprint density at radius 3 is 2.04 bits per heavy atom. The fourth-order valence-corrected chi connectivity index (χ4v) is 8.26. The number of benzene rings is 2. The van der Waals surface area contributed by atoms with Gasteiger partial charge in [0.1, 0.15) is 6.61 Å². The third-order valence-electron chi connectivity index (χ3n) is 4.87. The molecule has 3 rings (SSSR count). The number of rotatable bonds is 6. The SMILES string of the molecule is CC(=O)OC1CO[C@@H](CO[Si](c2ccccc2)(c2ccccc2)C(C)(C)C)O1. The Bertz CT molecular complexity index is 733. The highest BCUT2D eigenvalue weighted by molar-refractivity contribution is 6.99. The van der Waals surface area contributed by atoms with Crippen molar-refractivity contribution < 1.29 is 23.4 Å². The molecule has 0 aromatic heterocycles. The van der Waals surface area contributed by atoms with Crippen molar-refractivity contribution in [1.29, 1.82) is 0 Å². The van der Waals surface area contributed by atoms with Gasteiger partial charge in [-0.2, -0.15) is 0 Å². The van der Waals surface area contributed by atoms with E-state index >= 15 is 0 Å². The van der Waals surface area contributed by atoms with Gasteiger partial charge in [-0.25, -0.2) is 0 Å². The largest absolute Gasteiger partial charge is 0.433 e. The van der Waals surface area contributed by atoms with Crippen molar-refractivity contribution in [3.05, 3.63) is 60.7 Å². The van der Waals surface area contributed by atoms with Crippen LogP contribution in [0.4, 0.5) is 0 Å². The Labute approximate surface area is 167 Å². The number of carbonyl (C=O) groups excluding carboxylic acids is 1. The summed E-state index contributed by atoms with van der Waals surface area (Å²) in [5.74, 6) is -0.387. The molecule has 150 valence electrons. The minimum Gasteiger partial charge on any atom is -0.433 e. The van der Waals surface area contributed by atoms with Gasteiger partial charge in [0, 0.05) is 6.92 Å². The molecule has 0 bridgehead atoms. The molecular formula is C22H28O5Si. The molecule has 0 radical (unpaired) electrons. The summed E-state index contributed by atoms with van der Waals surface area (Å²) in [7, 11) is -2.64. The summed E-state index contributed by atoms with van der Waals surface area (Å²) in [5, 5.41) is 2.27. The lowest BCUT2D eigenvalue weighted by atomic mass is 10.2. The molecule has 0 amide bonds. The van der Waals surface area contributed by atoms with Crippen LogP contribution in [-0.2, 0) is 23.4 Å². The summed E-state index contributed by atoms with van der Waals surface area (Å²) in [6.45, 7) is 8.50. The summed E-state index contributed by atoms with van der Waals surface area (Å²) < 4.78 is 23.2. The maximum absolute atomic E-state index is 11.1. The van der Waals surface area contributed by atoms with Crippen LogP contribution in [-0.4, -0.2) is 40.1 Å². The van der Waals surface area contributed by atoms with Crippen LogP contribution in [0.2, 0.25) is 5.04 Å². The molecule has 1 unspecified atom stereocenters. The molecule has 0 N–H and O–H groups in total. The van der Waals surface area contributed by atoms with E-state index in [0.717, 1.165) is 0 Å². The smallest absolute Gasteiger partial charge is 0.305 e. The number of ether oxygens (including phenoxy) is 3. The summed E-state index contributed by atoms with van der Waals surface area (Å²) in [6.07, 6.45) is -1.24. The monoisotopic (exact) mass is 400 g/mol. The van der Waals surface area contributed by atoms with Gasteiger partial charge in [-0.3, -0.25) is 4.79 Å². The Morgan fingerprint density at radius 1 is 1.04 bits per heavy atom. The minimum atomic E-state index is -2.64. The zero-order chi connectivity index (χ0) is 20.2. The van der Waals surface area contributed by atoms with Crippen LogP contribution in [0.5, 0.6) is 0 Å². The van der Waals surface area contributed by atoms with Crippen molar-refractivity contribution >= 4 is 24.7 Å². The van der Waals surface area contributed by atoms with Gasteiger partial charge in [-0.15, -0.1) is 0 Å². The quantitative estimate of drug-likeness (QED) is 0.551. The van der Waals surface area contributed by atoms with Crippen LogP contribution >= 0.6 is 0 Å². The van der Waals surface area contributed by atoms with E-state index in [1.807, 2.05) is 12.1 Å². The zero-order valence-electron chi connectivity index (χ0n) is 16.9. The number of carbonyl (C=O) groups is 1. The molecule has 1 heterocycles. The van der Waals surface area contributed by atoms with Gasteiger partial charge >= 0.3 is 5.97 Å². The molecule has 1 aliphatic heterocycles. The van der Waals surface area contributed by atoms with Crippen molar-refractivity contribution in [2.75, 3.05) is 13.2 Å². The zero-order valence-corrected chi connectivity index (χ0v) is 17.9. The van der Waals surface area contributed by atoms with Crippen molar-refractivity contribution in [2.24, 2.45) is 0 Å². The first-order valence-corrected chi connectivity index (χ1v) is 11.4. The Balaban J connectivity index is 1.90.